The first-order valence-electron chi connectivity index (χ1n) is 10.3. The Kier molecular flexibility index (Phi) is 4.57. The molecule has 0 spiro atoms. The summed E-state index contributed by atoms with van der Waals surface area (Å²) in [5, 5.41) is 2.54. The van der Waals surface area contributed by atoms with Crippen LogP contribution in [0.5, 0.6) is 0 Å². The molecule has 0 bridgehead atoms. The molecule has 1 aromatic heterocycles. The van der Waals surface area contributed by atoms with Crippen molar-refractivity contribution in [3.05, 3.63) is 121 Å². The van der Waals surface area contributed by atoms with Crippen LogP contribution in [0.15, 0.2) is 116 Å². The van der Waals surface area contributed by atoms with Gasteiger partial charge in [-0.1, -0.05) is 79.4 Å². The van der Waals surface area contributed by atoms with Crippen LogP contribution >= 0.6 is 0 Å². The molecule has 0 fully saturated rings. The molecule has 0 aliphatic heterocycles. The van der Waals surface area contributed by atoms with Crippen LogP contribution in [0.4, 0.5) is 0 Å². The standard InChI is InChI=1S/C29H23N/c1-3-21(4-2)22-11-10-12-23(19-22)24-17-18-29-27(20-24)26-15-8-9-16-28(26)30(29)25-13-6-5-7-14-25/h3-20H,1H2,2H3/b21-4+. The van der Waals surface area contributed by atoms with Crippen molar-refractivity contribution in [2.24, 2.45) is 0 Å². The number of nitrogens with zero attached hydrogens (tertiary/aromatic N) is 1. The summed E-state index contributed by atoms with van der Waals surface area (Å²) in [6.45, 7) is 6.00. The second-order valence-electron chi connectivity index (χ2n) is 7.45. The molecule has 1 heterocycles. The Bertz CT molecular complexity index is 1400. The third-order valence-corrected chi connectivity index (χ3v) is 5.75. The molecular weight excluding hydrogens is 362 g/mol. The number of hydrogen-bond acceptors (Lipinski definition) is 0. The zero-order chi connectivity index (χ0) is 20.5. The van der Waals surface area contributed by atoms with E-state index in [2.05, 4.69) is 114 Å². The summed E-state index contributed by atoms with van der Waals surface area (Å²) < 4.78 is 2.35. The van der Waals surface area contributed by atoms with Gasteiger partial charge in [0.15, 0.2) is 0 Å². The first kappa shape index (κ1) is 18.2. The molecule has 0 N–H and O–H groups in total. The predicted octanol–water partition coefficient (Wildman–Crippen LogP) is 8.04. The topological polar surface area (TPSA) is 4.93 Å². The fourth-order valence-electron chi connectivity index (χ4n) is 4.29. The van der Waals surface area contributed by atoms with Gasteiger partial charge in [-0.2, -0.15) is 0 Å². The zero-order valence-corrected chi connectivity index (χ0v) is 17.0. The summed E-state index contributed by atoms with van der Waals surface area (Å²) in [6.07, 6.45) is 4.01. The molecule has 1 heteroatoms. The number of para-hydroxylation sites is 2. The Hall–Kier alpha value is -3.84. The van der Waals surface area contributed by atoms with Gasteiger partial charge in [0.2, 0.25) is 0 Å². The van der Waals surface area contributed by atoms with Gasteiger partial charge in [0.1, 0.15) is 0 Å². The summed E-state index contributed by atoms with van der Waals surface area (Å²) in [5.41, 5.74) is 8.42. The number of rotatable bonds is 4. The number of fused-ring (bicyclic) bond motifs is 3. The molecule has 5 rings (SSSR count). The van der Waals surface area contributed by atoms with Gasteiger partial charge >= 0.3 is 0 Å². The third-order valence-electron chi connectivity index (χ3n) is 5.75. The molecule has 30 heavy (non-hydrogen) atoms. The molecule has 144 valence electrons. The van der Waals surface area contributed by atoms with Gasteiger partial charge in [-0.25, -0.2) is 0 Å². The van der Waals surface area contributed by atoms with Gasteiger partial charge < -0.3 is 4.57 Å². The van der Waals surface area contributed by atoms with Gasteiger partial charge in [-0.3, -0.25) is 0 Å². The summed E-state index contributed by atoms with van der Waals surface area (Å²) in [7, 11) is 0. The van der Waals surface area contributed by atoms with E-state index in [1.807, 2.05) is 13.0 Å². The van der Waals surface area contributed by atoms with E-state index >= 15 is 0 Å². The molecule has 0 aliphatic rings. The van der Waals surface area contributed by atoms with Gasteiger partial charge in [0.05, 0.1) is 11.0 Å². The van der Waals surface area contributed by atoms with Crippen molar-refractivity contribution in [1.82, 2.24) is 4.57 Å². The van der Waals surface area contributed by atoms with Gasteiger partial charge in [-0.15, -0.1) is 0 Å². The van der Waals surface area contributed by atoms with E-state index < -0.39 is 0 Å². The van der Waals surface area contributed by atoms with E-state index in [-0.39, 0.29) is 0 Å². The molecule has 0 saturated heterocycles. The number of aromatic nitrogens is 1. The smallest absolute Gasteiger partial charge is 0.0541 e. The Morgan fingerprint density at radius 3 is 2.23 bits per heavy atom. The highest BCUT2D eigenvalue weighted by molar-refractivity contribution is 6.10. The summed E-state index contributed by atoms with van der Waals surface area (Å²) >= 11 is 0. The molecule has 0 amide bonds. The van der Waals surface area contributed by atoms with Crippen molar-refractivity contribution in [1.29, 1.82) is 0 Å². The average Bonchev–Trinajstić information content (AvgIpc) is 3.14. The van der Waals surface area contributed by atoms with Crippen molar-refractivity contribution in [2.75, 3.05) is 0 Å². The van der Waals surface area contributed by atoms with Crippen molar-refractivity contribution in [3.8, 4) is 16.8 Å². The summed E-state index contributed by atoms with van der Waals surface area (Å²) in [6, 6.07) is 34.7. The minimum atomic E-state index is 1.15. The fourth-order valence-corrected chi connectivity index (χ4v) is 4.29. The van der Waals surface area contributed by atoms with E-state index in [0.717, 1.165) is 5.57 Å². The monoisotopic (exact) mass is 385 g/mol. The van der Waals surface area contributed by atoms with Crippen LogP contribution in [-0.4, -0.2) is 4.57 Å². The first-order chi connectivity index (χ1) is 14.8. The van der Waals surface area contributed by atoms with Crippen LogP contribution in [0.25, 0.3) is 44.2 Å². The Labute approximate surface area is 177 Å². The van der Waals surface area contributed by atoms with Crippen LogP contribution in [0, 0.1) is 0 Å². The molecule has 0 aliphatic carbocycles. The van der Waals surface area contributed by atoms with E-state index in [9.17, 15) is 0 Å². The van der Waals surface area contributed by atoms with Crippen LogP contribution in [0.1, 0.15) is 12.5 Å². The van der Waals surface area contributed by atoms with E-state index in [4.69, 9.17) is 0 Å². The van der Waals surface area contributed by atoms with Gasteiger partial charge in [0.25, 0.3) is 0 Å². The highest BCUT2D eigenvalue weighted by Gasteiger charge is 2.13. The van der Waals surface area contributed by atoms with Gasteiger partial charge in [-0.05, 0) is 65.6 Å². The zero-order valence-electron chi connectivity index (χ0n) is 17.0. The first-order valence-corrected chi connectivity index (χ1v) is 10.3. The highest BCUT2D eigenvalue weighted by atomic mass is 15.0. The third kappa shape index (κ3) is 2.96. The number of hydrogen-bond donors (Lipinski definition) is 0. The lowest BCUT2D eigenvalue weighted by atomic mass is 9.98. The summed E-state index contributed by atoms with van der Waals surface area (Å²) in [5.74, 6) is 0. The molecule has 4 aromatic carbocycles. The molecular formula is C29H23N. The van der Waals surface area contributed by atoms with E-state index in [1.165, 1.54) is 44.2 Å². The lowest BCUT2D eigenvalue weighted by Gasteiger charge is -2.09. The maximum absolute atomic E-state index is 3.95. The average molecular weight is 386 g/mol. The van der Waals surface area contributed by atoms with Crippen LogP contribution in [0.2, 0.25) is 0 Å². The van der Waals surface area contributed by atoms with Crippen LogP contribution in [0.3, 0.4) is 0 Å². The molecule has 0 radical (unpaired) electrons. The Morgan fingerprint density at radius 1 is 0.700 bits per heavy atom. The van der Waals surface area contributed by atoms with Crippen molar-refractivity contribution in [2.45, 2.75) is 6.92 Å². The molecule has 0 saturated carbocycles. The minimum absolute atomic E-state index is 1.15. The SMILES string of the molecule is C=C/C(=C\C)c1cccc(-c2ccc3c(c2)c2ccccc2n3-c2ccccc2)c1. The fraction of sp³-hybridized carbons (Fsp3) is 0.0345. The van der Waals surface area contributed by atoms with Crippen molar-refractivity contribution < 1.29 is 0 Å². The van der Waals surface area contributed by atoms with Crippen molar-refractivity contribution in [3.63, 3.8) is 0 Å². The molecule has 5 aromatic rings. The molecule has 1 nitrogen and oxygen atoms in total. The molecule has 0 unspecified atom stereocenters. The Morgan fingerprint density at radius 2 is 1.43 bits per heavy atom. The molecule has 0 atom stereocenters. The van der Waals surface area contributed by atoms with Gasteiger partial charge in [0, 0.05) is 16.5 Å². The lowest BCUT2D eigenvalue weighted by molar-refractivity contribution is 1.18. The van der Waals surface area contributed by atoms with Crippen LogP contribution < -0.4 is 0 Å². The largest absolute Gasteiger partial charge is 0.309 e. The maximum atomic E-state index is 3.95. The second kappa shape index (κ2) is 7.53. The lowest BCUT2D eigenvalue weighted by Crippen LogP contribution is -1.92. The normalized spacial score (nSPS) is 11.8. The number of benzene rings is 4. The predicted molar refractivity (Wildman–Crippen MR) is 130 cm³/mol. The summed E-state index contributed by atoms with van der Waals surface area (Å²) in [4.78, 5) is 0. The minimum Gasteiger partial charge on any atom is -0.309 e. The Balaban J connectivity index is 1.74. The van der Waals surface area contributed by atoms with E-state index in [0.29, 0.717) is 0 Å². The maximum Gasteiger partial charge on any atom is 0.0541 e. The van der Waals surface area contributed by atoms with E-state index in [1.54, 1.807) is 0 Å². The second-order valence-corrected chi connectivity index (χ2v) is 7.45. The quantitative estimate of drug-likeness (QED) is 0.276. The van der Waals surface area contributed by atoms with Crippen molar-refractivity contribution >= 4 is 27.4 Å². The highest BCUT2D eigenvalue weighted by Crippen LogP contribution is 2.35. The van der Waals surface area contributed by atoms with Crippen LogP contribution in [-0.2, 0) is 0 Å². The number of allylic oxidation sites excluding steroid dienone is 3.